The number of carbonyl (C=O) groups excluding carboxylic acids is 1. The van der Waals surface area contributed by atoms with Crippen molar-refractivity contribution >= 4 is 40.0 Å². The number of rotatable bonds is 8. The van der Waals surface area contributed by atoms with Gasteiger partial charge in [-0.25, -0.2) is 0 Å². The Kier molecular flexibility index (Phi) is 6.02. The molecule has 0 spiro atoms. The molecule has 0 saturated carbocycles. The van der Waals surface area contributed by atoms with Crippen LogP contribution in [0.5, 0.6) is 0 Å². The molecule has 148 valence electrons. The Morgan fingerprint density at radius 1 is 1.07 bits per heavy atom. The first kappa shape index (κ1) is 19.4. The van der Waals surface area contributed by atoms with Crippen LogP contribution in [0.4, 0.5) is 11.4 Å². The Balaban J connectivity index is 1.31. The van der Waals surface area contributed by atoms with Crippen LogP contribution in [-0.2, 0) is 24.2 Å². The van der Waals surface area contributed by atoms with E-state index in [0.717, 1.165) is 29.8 Å². The maximum absolute atomic E-state index is 12.4. The Labute approximate surface area is 177 Å². The monoisotopic (exact) mass is 423 g/mol. The summed E-state index contributed by atoms with van der Waals surface area (Å²) in [6, 6.07) is 9.86. The molecule has 0 atom stereocenters. The second kappa shape index (κ2) is 9.02. The molecule has 0 aliphatic rings. The first-order valence-corrected chi connectivity index (χ1v) is 11.2. The van der Waals surface area contributed by atoms with Crippen LogP contribution >= 0.6 is 22.7 Å². The minimum absolute atomic E-state index is 0.0907. The molecule has 3 aromatic heterocycles. The molecule has 4 rings (SSSR count). The van der Waals surface area contributed by atoms with Crippen molar-refractivity contribution in [1.82, 2.24) is 15.0 Å². The van der Waals surface area contributed by atoms with Gasteiger partial charge >= 0.3 is 0 Å². The summed E-state index contributed by atoms with van der Waals surface area (Å²) in [6.45, 7) is 0.780. The number of aryl methyl sites for hydroxylation is 3. The molecule has 1 amide bonds. The highest BCUT2D eigenvalue weighted by molar-refractivity contribution is 7.08. The van der Waals surface area contributed by atoms with E-state index in [-0.39, 0.29) is 5.91 Å². The highest BCUT2D eigenvalue weighted by Crippen LogP contribution is 2.28. The number of nitrogen functional groups attached to an aromatic ring is 1. The molecule has 29 heavy (non-hydrogen) atoms. The molecule has 0 radical (unpaired) electrons. The third-order valence-electron chi connectivity index (χ3n) is 4.59. The molecule has 0 aliphatic carbocycles. The molecular weight excluding hydrogens is 402 g/mol. The van der Waals surface area contributed by atoms with Crippen molar-refractivity contribution in [3.8, 4) is 11.1 Å². The van der Waals surface area contributed by atoms with Gasteiger partial charge in [-0.2, -0.15) is 22.7 Å². The molecule has 8 heteroatoms. The molecule has 0 aliphatic heterocycles. The van der Waals surface area contributed by atoms with Crippen LogP contribution in [0, 0.1) is 0 Å². The molecule has 3 N–H and O–H groups in total. The summed E-state index contributed by atoms with van der Waals surface area (Å²) in [5.74, 6) is -0.0907. The zero-order valence-corrected chi connectivity index (χ0v) is 17.4. The molecular formula is C21H21N5OS2. The van der Waals surface area contributed by atoms with Gasteiger partial charge < -0.3 is 11.1 Å². The topological polar surface area (TPSA) is 85.8 Å². The van der Waals surface area contributed by atoms with Crippen LogP contribution in [0.25, 0.3) is 11.1 Å². The molecule has 6 nitrogen and oxygen atoms in total. The molecule has 4 aromatic rings. The van der Waals surface area contributed by atoms with Crippen molar-refractivity contribution in [2.75, 3.05) is 11.1 Å². The molecule has 1 aromatic carbocycles. The second-order valence-corrected chi connectivity index (χ2v) is 8.28. The fraction of sp³-hybridized carbons (Fsp3) is 0.190. The van der Waals surface area contributed by atoms with E-state index >= 15 is 0 Å². The largest absolute Gasteiger partial charge is 0.397 e. The Morgan fingerprint density at radius 2 is 1.93 bits per heavy atom. The third kappa shape index (κ3) is 5.10. The van der Waals surface area contributed by atoms with E-state index in [1.54, 1.807) is 22.7 Å². The van der Waals surface area contributed by atoms with Gasteiger partial charge in [-0.05, 0) is 68.9 Å². The van der Waals surface area contributed by atoms with Crippen LogP contribution in [-0.4, -0.2) is 20.9 Å². The Morgan fingerprint density at radius 3 is 2.72 bits per heavy atom. The SMILES string of the molecule is Nc1ccc(-c2ccsc2)cc1NC(=O)CCc1cn(CCc2ccsc2)nn1. The highest BCUT2D eigenvalue weighted by atomic mass is 32.1. The number of hydrogen-bond acceptors (Lipinski definition) is 6. The third-order valence-corrected chi connectivity index (χ3v) is 6.00. The number of nitrogens with zero attached hydrogens (tertiary/aromatic N) is 3. The fourth-order valence-electron chi connectivity index (χ4n) is 2.97. The summed E-state index contributed by atoms with van der Waals surface area (Å²) in [7, 11) is 0. The molecule has 3 heterocycles. The van der Waals surface area contributed by atoms with Gasteiger partial charge in [-0.15, -0.1) is 5.10 Å². The van der Waals surface area contributed by atoms with Gasteiger partial charge in [0.1, 0.15) is 0 Å². The van der Waals surface area contributed by atoms with E-state index < -0.39 is 0 Å². The van der Waals surface area contributed by atoms with E-state index in [1.165, 1.54) is 5.56 Å². The maximum Gasteiger partial charge on any atom is 0.224 e. The maximum atomic E-state index is 12.4. The number of thiophene rings is 2. The van der Waals surface area contributed by atoms with Crippen molar-refractivity contribution in [2.45, 2.75) is 25.8 Å². The van der Waals surface area contributed by atoms with E-state index in [0.29, 0.717) is 24.2 Å². The van der Waals surface area contributed by atoms with Crippen molar-refractivity contribution in [1.29, 1.82) is 0 Å². The lowest BCUT2D eigenvalue weighted by Gasteiger charge is -2.10. The predicted molar refractivity (Wildman–Crippen MR) is 119 cm³/mol. The van der Waals surface area contributed by atoms with Crippen LogP contribution < -0.4 is 11.1 Å². The number of benzene rings is 1. The van der Waals surface area contributed by atoms with Gasteiger partial charge in [-0.1, -0.05) is 11.3 Å². The summed E-state index contributed by atoms with van der Waals surface area (Å²) >= 11 is 3.33. The smallest absolute Gasteiger partial charge is 0.224 e. The van der Waals surface area contributed by atoms with Gasteiger partial charge in [0.25, 0.3) is 0 Å². The van der Waals surface area contributed by atoms with Crippen molar-refractivity contribution in [2.24, 2.45) is 0 Å². The number of aromatic nitrogens is 3. The minimum atomic E-state index is -0.0907. The van der Waals surface area contributed by atoms with E-state index in [9.17, 15) is 4.79 Å². The lowest BCUT2D eigenvalue weighted by Crippen LogP contribution is -2.13. The van der Waals surface area contributed by atoms with Crippen molar-refractivity contribution in [3.63, 3.8) is 0 Å². The lowest BCUT2D eigenvalue weighted by molar-refractivity contribution is -0.116. The zero-order valence-electron chi connectivity index (χ0n) is 15.7. The summed E-state index contributed by atoms with van der Waals surface area (Å²) in [5.41, 5.74) is 11.5. The van der Waals surface area contributed by atoms with Crippen LogP contribution in [0.1, 0.15) is 17.7 Å². The predicted octanol–water partition coefficient (Wildman–Crippen LogP) is 4.46. The van der Waals surface area contributed by atoms with Gasteiger partial charge in [0.15, 0.2) is 0 Å². The second-order valence-electron chi connectivity index (χ2n) is 6.72. The number of hydrogen-bond donors (Lipinski definition) is 2. The quantitative estimate of drug-likeness (QED) is 0.410. The molecule has 0 saturated heterocycles. The first-order valence-electron chi connectivity index (χ1n) is 9.29. The Bertz CT molecular complexity index is 1070. The van der Waals surface area contributed by atoms with Gasteiger partial charge in [0.2, 0.25) is 5.91 Å². The average molecular weight is 424 g/mol. The number of carbonyl (C=O) groups is 1. The number of nitrogens with two attached hydrogens (primary N) is 1. The summed E-state index contributed by atoms with van der Waals surface area (Å²) < 4.78 is 1.83. The average Bonchev–Trinajstić information content (AvgIpc) is 3.48. The standard InChI is InChI=1S/C21H21N5OS2/c22-19-3-1-16(17-7-10-29-14-17)11-20(19)23-21(27)4-2-18-12-26(25-24-18)8-5-15-6-9-28-13-15/h1,3,6-7,9-14H,2,4-5,8,22H2,(H,23,27). The van der Waals surface area contributed by atoms with Crippen molar-refractivity contribution < 1.29 is 4.79 Å². The number of anilines is 2. The highest BCUT2D eigenvalue weighted by Gasteiger charge is 2.10. The van der Waals surface area contributed by atoms with Gasteiger partial charge in [0, 0.05) is 25.6 Å². The van der Waals surface area contributed by atoms with Gasteiger partial charge in [0.05, 0.1) is 17.1 Å². The fourth-order valence-corrected chi connectivity index (χ4v) is 4.34. The van der Waals surface area contributed by atoms with E-state index in [2.05, 4.69) is 37.8 Å². The van der Waals surface area contributed by atoms with Crippen LogP contribution in [0.2, 0.25) is 0 Å². The number of amides is 1. The normalized spacial score (nSPS) is 10.9. The van der Waals surface area contributed by atoms with Gasteiger partial charge in [-0.3, -0.25) is 9.48 Å². The molecule has 0 fully saturated rings. The summed E-state index contributed by atoms with van der Waals surface area (Å²) in [5, 5.41) is 19.5. The summed E-state index contributed by atoms with van der Waals surface area (Å²) in [4.78, 5) is 12.4. The zero-order chi connectivity index (χ0) is 20.1. The lowest BCUT2D eigenvalue weighted by atomic mass is 10.1. The van der Waals surface area contributed by atoms with E-state index in [4.69, 9.17) is 5.73 Å². The molecule has 0 unspecified atom stereocenters. The number of nitrogens with one attached hydrogen (secondary N) is 1. The summed E-state index contributed by atoms with van der Waals surface area (Å²) in [6.07, 6.45) is 3.69. The van der Waals surface area contributed by atoms with Crippen LogP contribution in [0.15, 0.2) is 58.0 Å². The minimum Gasteiger partial charge on any atom is -0.397 e. The van der Waals surface area contributed by atoms with Crippen molar-refractivity contribution in [3.05, 3.63) is 69.3 Å². The van der Waals surface area contributed by atoms with Crippen LogP contribution in [0.3, 0.4) is 0 Å². The van der Waals surface area contributed by atoms with E-state index in [1.807, 2.05) is 40.5 Å². The Hall–Kier alpha value is -2.97. The first-order chi connectivity index (χ1) is 14.2. The molecule has 0 bridgehead atoms.